The summed E-state index contributed by atoms with van der Waals surface area (Å²) in [6.07, 6.45) is 2.56. The largest absolute Gasteiger partial charge is 0.481 e. The van der Waals surface area contributed by atoms with Crippen LogP contribution in [-0.2, 0) is 23.9 Å². The third kappa shape index (κ3) is 5.81. The number of hydrogen-bond acceptors (Lipinski definition) is 7. The third-order valence-electron chi connectivity index (χ3n) is 12.0. The number of rotatable bonds is 10. The van der Waals surface area contributed by atoms with E-state index in [1.165, 1.54) is 12.5 Å². The molecule has 0 aromatic rings. The van der Waals surface area contributed by atoms with Gasteiger partial charge in [-0.2, -0.15) is 0 Å². The summed E-state index contributed by atoms with van der Waals surface area (Å²) in [6.45, 7) is 20.4. The predicted molar refractivity (Wildman–Crippen MR) is 167 cm³/mol. The van der Waals surface area contributed by atoms with Crippen LogP contribution >= 0.6 is 0 Å². The van der Waals surface area contributed by atoms with Gasteiger partial charge in [0.1, 0.15) is 18.3 Å². The normalized spacial score (nSPS) is 36.5. The first-order chi connectivity index (χ1) is 20.4. The zero-order valence-corrected chi connectivity index (χ0v) is 27.9. The quantitative estimate of drug-likeness (QED) is 0.197. The topological polar surface area (TPSA) is 130 Å². The molecule has 0 amide bonds. The van der Waals surface area contributed by atoms with E-state index in [2.05, 4.69) is 47.3 Å². The molecule has 0 aromatic carbocycles. The van der Waals surface area contributed by atoms with Gasteiger partial charge in [-0.3, -0.25) is 14.4 Å². The predicted octanol–water partition coefficient (Wildman–Crippen LogP) is 6.15. The van der Waals surface area contributed by atoms with E-state index in [-0.39, 0.29) is 31.1 Å². The fourth-order valence-corrected chi connectivity index (χ4v) is 9.57. The van der Waals surface area contributed by atoms with Gasteiger partial charge in [-0.1, -0.05) is 66.7 Å². The van der Waals surface area contributed by atoms with Crippen LogP contribution in [0.1, 0.15) is 107 Å². The van der Waals surface area contributed by atoms with Gasteiger partial charge in [-0.05, 0) is 89.7 Å². The summed E-state index contributed by atoms with van der Waals surface area (Å²) in [5.74, 6) is -1.33. The Morgan fingerprint density at radius 2 is 1.70 bits per heavy atom. The molecule has 246 valence electrons. The Morgan fingerprint density at radius 3 is 2.30 bits per heavy atom. The van der Waals surface area contributed by atoms with Crippen LogP contribution in [0.25, 0.3) is 0 Å². The Labute approximate surface area is 263 Å². The summed E-state index contributed by atoms with van der Waals surface area (Å²) >= 11 is 0. The van der Waals surface area contributed by atoms with E-state index in [1.807, 2.05) is 13.8 Å². The summed E-state index contributed by atoms with van der Waals surface area (Å²) < 4.78 is 11.8. The van der Waals surface area contributed by atoms with Crippen molar-refractivity contribution in [1.29, 1.82) is 0 Å². The van der Waals surface area contributed by atoms with Crippen molar-refractivity contribution in [2.75, 3.05) is 0 Å². The molecule has 8 heteroatoms. The Balaban J connectivity index is 1.75. The number of carbonyl (C=O) groups excluding carboxylic acids is 2. The second-order valence-corrected chi connectivity index (χ2v) is 15.3. The lowest BCUT2D eigenvalue weighted by Crippen LogP contribution is -2.63. The lowest BCUT2D eigenvalue weighted by atomic mass is 9.45. The molecule has 0 bridgehead atoms. The molecule has 0 radical (unpaired) electrons. The van der Waals surface area contributed by atoms with Gasteiger partial charge in [0, 0.05) is 12.3 Å². The highest BCUT2D eigenvalue weighted by atomic mass is 16.6. The summed E-state index contributed by atoms with van der Waals surface area (Å²) in [4.78, 5) is 36.3. The van der Waals surface area contributed by atoms with Gasteiger partial charge in [-0.25, -0.2) is 0 Å². The van der Waals surface area contributed by atoms with Crippen LogP contribution in [0.15, 0.2) is 34.9 Å². The molecule has 0 aromatic heterocycles. The SMILES string of the molecule is C=C(CC[C@@H](C)[C@H]1CC=C2C3=C([C@@H](O)[C@H](OC(C)=O)C21C)C1(C)C[C@@H](OC(=O)CCC(=O)O)[C@H](O)C(C)(C)C1CC3)C(C)C. The summed E-state index contributed by atoms with van der Waals surface area (Å²) in [5.41, 5.74) is 2.43. The highest BCUT2D eigenvalue weighted by Gasteiger charge is 2.65. The van der Waals surface area contributed by atoms with Gasteiger partial charge in [0.05, 0.1) is 18.9 Å². The number of aliphatic hydroxyl groups excluding tert-OH is 2. The zero-order chi connectivity index (χ0) is 32.9. The van der Waals surface area contributed by atoms with Gasteiger partial charge in [0.25, 0.3) is 0 Å². The van der Waals surface area contributed by atoms with E-state index in [0.29, 0.717) is 11.8 Å². The van der Waals surface area contributed by atoms with E-state index < -0.39 is 58.6 Å². The van der Waals surface area contributed by atoms with Crippen LogP contribution in [0, 0.1) is 39.9 Å². The van der Waals surface area contributed by atoms with E-state index in [9.17, 15) is 24.6 Å². The second-order valence-electron chi connectivity index (χ2n) is 15.3. The first kappa shape index (κ1) is 34.4. The third-order valence-corrected chi connectivity index (χ3v) is 12.0. The molecule has 0 spiro atoms. The van der Waals surface area contributed by atoms with Gasteiger partial charge >= 0.3 is 17.9 Å². The van der Waals surface area contributed by atoms with Crippen molar-refractivity contribution < 1.29 is 39.2 Å². The van der Waals surface area contributed by atoms with Crippen molar-refractivity contribution in [1.82, 2.24) is 0 Å². The lowest BCUT2D eigenvalue weighted by molar-refractivity contribution is -0.194. The van der Waals surface area contributed by atoms with Crippen LogP contribution in [-0.4, -0.2) is 57.6 Å². The van der Waals surface area contributed by atoms with E-state index in [4.69, 9.17) is 14.6 Å². The lowest BCUT2D eigenvalue weighted by Gasteiger charge is -2.62. The average Bonchev–Trinajstić information content (AvgIpc) is 3.28. The molecular weight excluding hydrogens is 560 g/mol. The second kappa shape index (κ2) is 12.4. The number of ether oxygens (including phenoxy) is 2. The van der Waals surface area contributed by atoms with Gasteiger partial charge < -0.3 is 24.8 Å². The maximum atomic E-state index is 12.7. The number of carbonyl (C=O) groups is 3. The van der Waals surface area contributed by atoms with E-state index in [1.54, 1.807) is 0 Å². The van der Waals surface area contributed by atoms with Crippen LogP contribution < -0.4 is 0 Å². The highest BCUT2D eigenvalue weighted by Crippen LogP contribution is 2.67. The van der Waals surface area contributed by atoms with Crippen LogP contribution in [0.3, 0.4) is 0 Å². The molecule has 1 fully saturated rings. The number of fused-ring (bicyclic) bond motifs is 4. The smallest absolute Gasteiger partial charge is 0.306 e. The molecule has 0 heterocycles. The Morgan fingerprint density at radius 1 is 1.05 bits per heavy atom. The number of aliphatic carboxylic acids is 1. The summed E-state index contributed by atoms with van der Waals surface area (Å²) in [6, 6.07) is 0. The van der Waals surface area contributed by atoms with Crippen molar-refractivity contribution in [3.63, 3.8) is 0 Å². The van der Waals surface area contributed by atoms with E-state index >= 15 is 0 Å². The zero-order valence-electron chi connectivity index (χ0n) is 27.9. The number of carboxylic acids is 1. The van der Waals surface area contributed by atoms with Crippen LogP contribution in [0.2, 0.25) is 0 Å². The molecule has 4 aliphatic rings. The number of aliphatic hydroxyl groups is 2. The summed E-state index contributed by atoms with van der Waals surface area (Å²) in [5, 5.41) is 32.9. The molecule has 0 saturated heterocycles. The van der Waals surface area contributed by atoms with Crippen molar-refractivity contribution in [2.24, 2.45) is 39.9 Å². The maximum Gasteiger partial charge on any atom is 0.306 e. The Hall–Kier alpha value is -2.45. The van der Waals surface area contributed by atoms with Crippen molar-refractivity contribution in [3.05, 3.63) is 34.9 Å². The minimum atomic E-state index is -1.09. The Kier molecular flexibility index (Phi) is 9.69. The first-order valence-corrected chi connectivity index (χ1v) is 16.4. The molecule has 1 saturated carbocycles. The number of esters is 2. The van der Waals surface area contributed by atoms with Gasteiger partial charge in [-0.15, -0.1) is 0 Å². The highest BCUT2D eigenvalue weighted by molar-refractivity contribution is 5.76. The number of allylic oxidation sites excluding steroid dienone is 3. The minimum absolute atomic E-state index is 0.0338. The number of carboxylic acid groups (broad SMARTS) is 1. The maximum absolute atomic E-state index is 12.7. The van der Waals surface area contributed by atoms with Crippen molar-refractivity contribution in [2.45, 2.75) is 131 Å². The van der Waals surface area contributed by atoms with E-state index in [0.717, 1.165) is 48.8 Å². The first-order valence-electron chi connectivity index (χ1n) is 16.4. The van der Waals surface area contributed by atoms with Gasteiger partial charge in [0.2, 0.25) is 0 Å². The molecular formula is C36H54O8. The van der Waals surface area contributed by atoms with Gasteiger partial charge in [0.15, 0.2) is 0 Å². The average molecular weight is 615 g/mol. The molecule has 44 heavy (non-hydrogen) atoms. The molecule has 3 N–H and O–H groups in total. The van der Waals surface area contributed by atoms with Crippen LogP contribution in [0.5, 0.6) is 0 Å². The van der Waals surface area contributed by atoms with Crippen molar-refractivity contribution in [3.8, 4) is 0 Å². The molecule has 9 atom stereocenters. The van der Waals surface area contributed by atoms with Crippen LogP contribution in [0.4, 0.5) is 0 Å². The molecule has 8 nitrogen and oxygen atoms in total. The Bertz CT molecular complexity index is 1240. The standard InChI is InChI=1S/C36H54O8/c1-19(2)20(3)10-11-21(4)24-13-14-25-23-12-15-27-34(6,7)32(42)26(44-29(40)17-16-28(38)39)18-35(27,8)30(23)31(41)33(36(24,25)9)43-22(5)37/h14,19,21,24,26-27,31-33,41-42H,3,10-13,15-18H2,1-2,4-9H3,(H,38,39)/t21-,24-,26-,27?,31-,32+,33+,35?,36?/m1/s1. The minimum Gasteiger partial charge on any atom is -0.481 e. The molecule has 3 unspecified atom stereocenters. The fraction of sp³-hybridized carbons (Fsp3) is 0.750. The van der Waals surface area contributed by atoms with Crippen molar-refractivity contribution >= 4 is 17.9 Å². The molecule has 4 aliphatic carbocycles. The monoisotopic (exact) mass is 614 g/mol. The molecule has 4 rings (SSSR count). The molecule has 0 aliphatic heterocycles. The summed E-state index contributed by atoms with van der Waals surface area (Å²) in [7, 11) is 0. The fourth-order valence-electron chi connectivity index (χ4n) is 9.57. The number of hydrogen-bond donors (Lipinski definition) is 3.